The molecule has 0 spiro atoms. The molecule has 42 heavy (non-hydrogen) atoms. The molecule has 11 nitrogen and oxygen atoms in total. The number of urea groups is 1. The first-order valence-electron chi connectivity index (χ1n) is 12.6. The second kappa shape index (κ2) is 17.4. The largest absolute Gasteiger partial charge is 0.491 e. The van der Waals surface area contributed by atoms with E-state index in [1.165, 1.54) is 12.1 Å². The summed E-state index contributed by atoms with van der Waals surface area (Å²) in [6, 6.07) is 11.0. The molecule has 0 bridgehead atoms. The molecular formula is C26H30F4N4O7S. The van der Waals surface area contributed by atoms with Crippen LogP contribution in [0.1, 0.15) is 0 Å². The number of ether oxygens (including phenoxy) is 6. The number of nitrogens with one attached hydrogen (secondary N) is 2. The van der Waals surface area contributed by atoms with Crippen molar-refractivity contribution in [3.8, 4) is 22.1 Å². The Balaban J connectivity index is 1.37. The zero-order valence-corrected chi connectivity index (χ0v) is 23.3. The molecule has 16 heteroatoms. The summed E-state index contributed by atoms with van der Waals surface area (Å²) in [6.07, 6.45) is -8.61. The molecular weight excluding hydrogens is 588 g/mol. The Bertz CT molecular complexity index is 1220. The van der Waals surface area contributed by atoms with Crippen molar-refractivity contribution in [2.45, 2.75) is 12.5 Å². The standard InChI is InChI=1S/C26H30F4N4O7S/c1-36-9-10-37-11-12-38-13-14-39-15-16-40-21-4-2-3-18(17-21)22-33-34-25(42-22)32-24(35)31-19-5-7-20(8-6-19)41-26(29,30)23(27)28/h2-8,17,23H,9-16H2,1H3,(H2,31,32,34,35). The number of methoxy groups -OCH3 is 1. The maximum atomic E-state index is 13.0. The van der Waals surface area contributed by atoms with E-state index in [1.54, 1.807) is 25.3 Å². The summed E-state index contributed by atoms with van der Waals surface area (Å²) >= 11 is 1.11. The van der Waals surface area contributed by atoms with Crippen LogP contribution in [0.4, 0.5) is 33.2 Å². The van der Waals surface area contributed by atoms with Crippen molar-refractivity contribution < 1.29 is 50.8 Å². The van der Waals surface area contributed by atoms with E-state index in [-0.39, 0.29) is 10.8 Å². The summed E-state index contributed by atoms with van der Waals surface area (Å²) in [5.74, 6) is 0.113. The molecule has 0 aliphatic heterocycles. The number of aromatic nitrogens is 2. The van der Waals surface area contributed by atoms with Gasteiger partial charge in [-0.1, -0.05) is 23.5 Å². The summed E-state index contributed by atoms with van der Waals surface area (Å²) in [6.45, 7) is 3.63. The summed E-state index contributed by atoms with van der Waals surface area (Å²) in [7, 11) is 1.61. The van der Waals surface area contributed by atoms with Crippen LogP contribution in [0, 0.1) is 0 Å². The van der Waals surface area contributed by atoms with Crippen molar-refractivity contribution in [2.24, 2.45) is 0 Å². The van der Waals surface area contributed by atoms with Gasteiger partial charge in [0.2, 0.25) is 5.13 Å². The second-order valence-corrected chi connectivity index (χ2v) is 9.16. The summed E-state index contributed by atoms with van der Waals surface area (Å²) in [5.41, 5.74) is 0.923. The lowest BCUT2D eigenvalue weighted by Gasteiger charge is -2.16. The van der Waals surface area contributed by atoms with E-state index in [0.717, 1.165) is 29.0 Å². The number of amides is 2. The number of rotatable bonds is 19. The van der Waals surface area contributed by atoms with E-state index in [0.29, 0.717) is 63.6 Å². The van der Waals surface area contributed by atoms with Crippen molar-refractivity contribution in [3.05, 3.63) is 48.5 Å². The maximum Gasteiger partial charge on any atom is 0.461 e. The molecule has 0 aliphatic rings. The minimum absolute atomic E-state index is 0.197. The zero-order valence-electron chi connectivity index (χ0n) is 22.5. The van der Waals surface area contributed by atoms with Crippen molar-refractivity contribution >= 4 is 28.2 Å². The third-order valence-corrected chi connectivity index (χ3v) is 5.91. The molecule has 0 unspecified atom stereocenters. The van der Waals surface area contributed by atoms with E-state index in [2.05, 4.69) is 25.6 Å². The van der Waals surface area contributed by atoms with Gasteiger partial charge >= 0.3 is 18.6 Å². The molecule has 0 fully saturated rings. The Labute approximate surface area is 243 Å². The van der Waals surface area contributed by atoms with Crippen molar-refractivity contribution in [1.29, 1.82) is 0 Å². The maximum absolute atomic E-state index is 13.0. The van der Waals surface area contributed by atoms with Crippen LogP contribution in [-0.4, -0.2) is 88.7 Å². The van der Waals surface area contributed by atoms with E-state index >= 15 is 0 Å². The molecule has 3 aromatic rings. The Morgan fingerprint density at radius 1 is 0.857 bits per heavy atom. The highest BCUT2D eigenvalue weighted by Gasteiger charge is 2.43. The highest BCUT2D eigenvalue weighted by atomic mass is 32.1. The number of alkyl halides is 4. The van der Waals surface area contributed by atoms with Gasteiger partial charge in [0.25, 0.3) is 0 Å². The van der Waals surface area contributed by atoms with Gasteiger partial charge in [-0.05, 0) is 36.4 Å². The minimum Gasteiger partial charge on any atom is -0.491 e. The molecule has 0 saturated heterocycles. The molecule has 1 heterocycles. The van der Waals surface area contributed by atoms with E-state index in [9.17, 15) is 22.4 Å². The van der Waals surface area contributed by atoms with Gasteiger partial charge in [0, 0.05) is 18.4 Å². The van der Waals surface area contributed by atoms with Crippen LogP contribution in [0.15, 0.2) is 48.5 Å². The normalized spacial score (nSPS) is 11.5. The van der Waals surface area contributed by atoms with Crippen LogP contribution in [-0.2, 0) is 18.9 Å². The smallest absolute Gasteiger partial charge is 0.461 e. The summed E-state index contributed by atoms with van der Waals surface area (Å²) in [5, 5.41) is 13.7. The number of carbonyl (C=O) groups is 1. The van der Waals surface area contributed by atoms with Crippen LogP contribution in [0.25, 0.3) is 10.6 Å². The van der Waals surface area contributed by atoms with Gasteiger partial charge in [-0.15, -0.1) is 10.2 Å². The number of hydrogen-bond acceptors (Lipinski definition) is 10. The third kappa shape index (κ3) is 11.7. The number of anilines is 2. The highest BCUT2D eigenvalue weighted by molar-refractivity contribution is 7.18. The number of halogens is 4. The number of benzene rings is 2. The van der Waals surface area contributed by atoms with E-state index in [1.807, 2.05) is 6.07 Å². The Morgan fingerprint density at radius 3 is 2.14 bits per heavy atom. The van der Waals surface area contributed by atoms with Gasteiger partial charge in [0.05, 0.1) is 46.2 Å². The number of carbonyl (C=O) groups excluding carboxylic acids is 1. The van der Waals surface area contributed by atoms with Crippen molar-refractivity contribution in [1.82, 2.24) is 10.2 Å². The first kappa shape index (κ1) is 32.9. The molecule has 2 N–H and O–H groups in total. The number of nitrogens with zero attached hydrogens (tertiary/aromatic N) is 2. The molecule has 2 amide bonds. The molecule has 0 radical (unpaired) electrons. The molecule has 0 atom stereocenters. The van der Waals surface area contributed by atoms with Crippen LogP contribution < -0.4 is 20.1 Å². The fourth-order valence-electron chi connectivity index (χ4n) is 3.08. The lowest BCUT2D eigenvalue weighted by atomic mass is 10.2. The molecule has 2 aromatic carbocycles. The fraction of sp³-hybridized carbons (Fsp3) is 0.423. The van der Waals surface area contributed by atoms with E-state index in [4.69, 9.17) is 23.7 Å². The van der Waals surface area contributed by atoms with Crippen LogP contribution >= 0.6 is 11.3 Å². The fourth-order valence-corrected chi connectivity index (χ4v) is 3.81. The Morgan fingerprint density at radius 2 is 1.50 bits per heavy atom. The lowest BCUT2D eigenvalue weighted by Crippen LogP contribution is -2.33. The quantitative estimate of drug-likeness (QED) is 0.139. The number of hydrogen-bond donors (Lipinski definition) is 2. The molecule has 0 aliphatic carbocycles. The van der Waals surface area contributed by atoms with Crippen molar-refractivity contribution in [3.63, 3.8) is 0 Å². The van der Waals surface area contributed by atoms with Gasteiger partial charge < -0.3 is 33.7 Å². The summed E-state index contributed by atoms with van der Waals surface area (Å²) < 4.78 is 81.3. The van der Waals surface area contributed by atoms with Gasteiger partial charge in [0.15, 0.2) is 0 Å². The third-order valence-electron chi connectivity index (χ3n) is 5.02. The first-order valence-corrected chi connectivity index (χ1v) is 13.4. The monoisotopic (exact) mass is 618 g/mol. The van der Waals surface area contributed by atoms with Crippen LogP contribution in [0.2, 0.25) is 0 Å². The predicted octanol–water partition coefficient (Wildman–Crippen LogP) is 5.16. The molecule has 0 saturated carbocycles. The molecule has 1 aromatic heterocycles. The van der Waals surface area contributed by atoms with Gasteiger partial charge in [-0.2, -0.15) is 17.6 Å². The lowest BCUT2D eigenvalue weighted by molar-refractivity contribution is -0.253. The average molecular weight is 619 g/mol. The van der Waals surface area contributed by atoms with Gasteiger partial charge in [-0.3, -0.25) is 5.32 Å². The van der Waals surface area contributed by atoms with Gasteiger partial charge in [0.1, 0.15) is 23.1 Å². The minimum atomic E-state index is -4.63. The van der Waals surface area contributed by atoms with E-state index < -0.39 is 24.3 Å². The van der Waals surface area contributed by atoms with Crippen LogP contribution in [0.5, 0.6) is 11.5 Å². The first-order chi connectivity index (χ1) is 20.3. The predicted molar refractivity (Wildman–Crippen MR) is 146 cm³/mol. The molecule has 230 valence electrons. The zero-order chi connectivity index (χ0) is 30.2. The molecule has 3 rings (SSSR count). The van der Waals surface area contributed by atoms with Gasteiger partial charge in [-0.25, -0.2) is 4.79 Å². The summed E-state index contributed by atoms with van der Waals surface area (Å²) in [4.78, 5) is 12.3. The Hall–Kier alpha value is -3.57. The highest BCUT2D eigenvalue weighted by Crippen LogP contribution is 2.30. The van der Waals surface area contributed by atoms with Crippen LogP contribution in [0.3, 0.4) is 0 Å². The second-order valence-electron chi connectivity index (χ2n) is 8.19. The average Bonchev–Trinajstić information content (AvgIpc) is 3.43. The van der Waals surface area contributed by atoms with Crippen molar-refractivity contribution in [2.75, 3.05) is 70.6 Å². The SMILES string of the molecule is COCCOCCOCCOCCOc1cccc(-c2nnc(NC(=O)Nc3ccc(OC(F)(F)C(F)F)cc3)s2)c1. The topological polar surface area (TPSA) is 122 Å². The Kier molecular flexibility index (Phi) is 13.6.